The molecule has 96 valence electrons. The van der Waals surface area contributed by atoms with Crippen LogP contribution in [-0.2, 0) is 6.54 Å². The Balaban J connectivity index is 2.81. The number of benzene rings is 1. The van der Waals surface area contributed by atoms with Gasteiger partial charge in [-0.05, 0) is 17.5 Å². The van der Waals surface area contributed by atoms with Gasteiger partial charge in [0.25, 0.3) is 5.56 Å². The van der Waals surface area contributed by atoms with Crippen LogP contribution >= 0.6 is 11.6 Å². The van der Waals surface area contributed by atoms with Crippen molar-refractivity contribution in [2.45, 2.75) is 27.3 Å². The highest BCUT2D eigenvalue weighted by molar-refractivity contribution is 6.35. The topological polar surface area (TPSA) is 54.9 Å². The lowest BCUT2D eigenvalue weighted by Gasteiger charge is -2.19. The van der Waals surface area contributed by atoms with Gasteiger partial charge in [0.15, 0.2) is 0 Å². The normalized spacial score (nSPS) is 12.0. The van der Waals surface area contributed by atoms with E-state index in [0.29, 0.717) is 22.5 Å². The number of halogens is 1. The molecule has 0 amide bonds. The Morgan fingerprint density at radius 2 is 1.94 bits per heavy atom. The molecule has 5 heteroatoms. The predicted molar refractivity (Wildman–Crippen MR) is 73.3 cm³/mol. The van der Waals surface area contributed by atoms with E-state index in [4.69, 9.17) is 11.6 Å². The van der Waals surface area contributed by atoms with Gasteiger partial charge in [-0.15, -0.1) is 0 Å². The summed E-state index contributed by atoms with van der Waals surface area (Å²) in [5.74, 6) is 0. The summed E-state index contributed by atoms with van der Waals surface area (Å²) in [6.07, 6.45) is 0. The van der Waals surface area contributed by atoms with E-state index >= 15 is 0 Å². The second-order valence-electron chi connectivity index (χ2n) is 5.54. The zero-order valence-electron chi connectivity index (χ0n) is 10.6. The molecule has 0 aliphatic carbocycles. The van der Waals surface area contributed by atoms with Crippen LogP contribution in [0, 0.1) is 5.41 Å². The molecule has 0 saturated carbocycles. The highest BCUT2D eigenvalue weighted by Gasteiger charge is 2.16. The number of aromatic amines is 1. The summed E-state index contributed by atoms with van der Waals surface area (Å²) in [7, 11) is 0. The van der Waals surface area contributed by atoms with Gasteiger partial charge in [0.05, 0.1) is 15.9 Å². The summed E-state index contributed by atoms with van der Waals surface area (Å²) >= 11 is 6.02. The minimum atomic E-state index is -0.398. The molecule has 2 rings (SSSR count). The minimum absolute atomic E-state index is 0.161. The second-order valence-corrected chi connectivity index (χ2v) is 5.95. The molecule has 1 N–H and O–H groups in total. The van der Waals surface area contributed by atoms with E-state index in [1.54, 1.807) is 18.2 Å². The minimum Gasteiger partial charge on any atom is -0.307 e. The molecule has 0 saturated heterocycles. The van der Waals surface area contributed by atoms with Crippen LogP contribution in [0.25, 0.3) is 10.9 Å². The summed E-state index contributed by atoms with van der Waals surface area (Å²) in [5, 5.41) is 0.722. The van der Waals surface area contributed by atoms with Gasteiger partial charge in [0.2, 0.25) is 0 Å². The highest BCUT2D eigenvalue weighted by atomic mass is 35.5. The predicted octanol–water partition coefficient (Wildman–Crippen LogP) is 2.39. The Morgan fingerprint density at radius 1 is 1.28 bits per heavy atom. The van der Waals surface area contributed by atoms with Gasteiger partial charge >= 0.3 is 5.69 Å². The van der Waals surface area contributed by atoms with Crippen molar-refractivity contribution in [2.75, 3.05) is 0 Å². The first-order valence-corrected chi connectivity index (χ1v) is 6.09. The Kier molecular flexibility index (Phi) is 3.07. The molecule has 0 aliphatic heterocycles. The number of H-pyrrole nitrogens is 1. The third kappa shape index (κ3) is 2.34. The lowest BCUT2D eigenvalue weighted by Crippen LogP contribution is -2.38. The molecule has 0 radical (unpaired) electrons. The lowest BCUT2D eigenvalue weighted by molar-refractivity contribution is 0.332. The van der Waals surface area contributed by atoms with Gasteiger partial charge in [-0.3, -0.25) is 9.36 Å². The molecule has 1 heterocycles. The van der Waals surface area contributed by atoms with Crippen molar-refractivity contribution in [3.63, 3.8) is 0 Å². The zero-order valence-corrected chi connectivity index (χ0v) is 11.3. The van der Waals surface area contributed by atoms with Crippen molar-refractivity contribution < 1.29 is 0 Å². The zero-order chi connectivity index (χ0) is 13.5. The molecule has 0 aliphatic rings. The molecule has 0 spiro atoms. The van der Waals surface area contributed by atoms with E-state index in [1.807, 2.05) is 20.8 Å². The SMILES string of the molecule is CC(C)(C)Cn1c(=O)[nH]c2cccc(Cl)c2c1=O. The number of hydrogen-bond acceptors (Lipinski definition) is 2. The van der Waals surface area contributed by atoms with Gasteiger partial charge in [-0.25, -0.2) is 4.79 Å². The van der Waals surface area contributed by atoms with Crippen LogP contribution in [0.15, 0.2) is 27.8 Å². The molecule has 1 aromatic heterocycles. The van der Waals surface area contributed by atoms with Crippen molar-refractivity contribution in [2.24, 2.45) is 5.41 Å². The van der Waals surface area contributed by atoms with Crippen molar-refractivity contribution in [1.82, 2.24) is 9.55 Å². The molecule has 1 aromatic carbocycles. The first-order chi connectivity index (χ1) is 8.29. The second kappa shape index (κ2) is 4.28. The first kappa shape index (κ1) is 12.9. The molecule has 18 heavy (non-hydrogen) atoms. The maximum absolute atomic E-state index is 12.3. The summed E-state index contributed by atoms with van der Waals surface area (Å²) in [5.41, 5.74) is -0.423. The molecule has 4 nitrogen and oxygen atoms in total. The van der Waals surface area contributed by atoms with E-state index in [1.165, 1.54) is 4.57 Å². The van der Waals surface area contributed by atoms with Crippen molar-refractivity contribution in [3.05, 3.63) is 44.1 Å². The van der Waals surface area contributed by atoms with Crippen LogP contribution in [0.2, 0.25) is 5.02 Å². The van der Waals surface area contributed by atoms with Crippen LogP contribution in [0.3, 0.4) is 0 Å². The van der Waals surface area contributed by atoms with Crippen LogP contribution in [0.4, 0.5) is 0 Å². The van der Waals surface area contributed by atoms with Crippen LogP contribution in [0.5, 0.6) is 0 Å². The number of hydrogen-bond donors (Lipinski definition) is 1. The van der Waals surface area contributed by atoms with E-state index in [0.717, 1.165) is 0 Å². The first-order valence-electron chi connectivity index (χ1n) is 5.71. The third-order valence-electron chi connectivity index (χ3n) is 2.59. The summed E-state index contributed by atoms with van der Waals surface area (Å²) < 4.78 is 1.20. The Bertz CT molecular complexity index is 707. The van der Waals surface area contributed by atoms with Crippen molar-refractivity contribution in [3.8, 4) is 0 Å². The number of nitrogens with zero attached hydrogens (tertiary/aromatic N) is 1. The molecule has 0 unspecified atom stereocenters. The molecule has 2 aromatic rings. The van der Waals surface area contributed by atoms with Gasteiger partial charge < -0.3 is 4.98 Å². The maximum Gasteiger partial charge on any atom is 0.328 e. The van der Waals surface area contributed by atoms with E-state index in [-0.39, 0.29) is 11.0 Å². The molecule has 0 atom stereocenters. The van der Waals surface area contributed by atoms with Gasteiger partial charge in [0, 0.05) is 6.54 Å². The quantitative estimate of drug-likeness (QED) is 0.862. The fourth-order valence-corrected chi connectivity index (χ4v) is 2.13. The maximum atomic E-state index is 12.3. The Hall–Kier alpha value is -1.55. The monoisotopic (exact) mass is 266 g/mol. The molecular weight excluding hydrogens is 252 g/mol. The summed E-state index contributed by atoms with van der Waals surface area (Å²) in [6, 6.07) is 5.02. The number of aromatic nitrogens is 2. The average Bonchev–Trinajstić information content (AvgIpc) is 2.22. The van der Waals surface area contributed by atoms with Gasteiger partial charge in [-0.1, -0.05) is 38.4 Å². The van der Waals surface area contributed by atoms with E-state index in [9.17, 15) is 9.59 Å². The number of fused-ring (bicyclic) bond motifs is 1. The van der Waals surface area contributed by atoms with Crippen LogP contribution < -0.4 is 11.2 Å². The Morgan fingerprint density at radius 3 is 2.56 bits per heavy atom. The lowest BCUT2D eigenvalue weighted by atomic mass is 9.97. The fourth-order valence-electron chi connectivity index (χ4n) is 1.87. The number of rotatable bonds is 1. The molecule has 0 fully saturated rings. The molecule has 0 bridgehead atoms. The van der Waals surface area contributed by atoms with Crippen molar-refractivity contribution >= 4 is 22.5 Å². The Labute approximate surface area is 109 Å². The smallest absolute Gasteiger partial charge is 0.307 e. The third-order valence-corrected chi connectivity index (χ3v) is 2.91. The van der Waals surface area contributed by atoms with Crippen LogP contribution in [0.1, 0.15) is 20.8 Å². The summed E-state index contributed by atoms with van der Waals surface area (Å²) in [4.78, 5) is 26.9. The van der Waals surface area contributed by atoms with Crippen molar-refractivity contribution in [1.29, 1.82) is 0 Å². The number of nitrogens with one attached hydrogen (secondary N) is 1. The van der Waals surface area contributed by atoms with Crippen LogP contribution in [-0.4, -0.2) is 9.55 Å². The van der Waals surface area contributed by atoms with E-state index < -0.39 is 5.69 Å². The summed E-state index contributed by atoms with van der Waals surface area (Å²) in [6.45, 7) is 6.25. The van der Waals surface area contributed by atoms with Gasteiger partial charge in [-0.2, -0.15) is 0 Å². The average molecular weight is 267 g/mol. The van der Waals surface area contributed by atoms with E-state index in [2.05, 4.69) is 4.98 Å². The standard InChI is InChI=1S/C13H15ClN2O2/c1-13(2,3)7-16-11(17)10-8(14)5-4-6-9(10)15-12(16)18/h4-6H,7H2,1-3H3,(H,15,18). The largest absolute Gasteiger partial charge is 0.328 e. The fraction of sp³-hybridized carbons (Fsp3) is 0.385. The van der Waals surface area contributed by atoms with Gasteiger partial charge in [0.1, 0.15) is 0 Å². The molecular formula is C13H15ClN2O2. The highest BCUT2D eigenvalue weighted by Crippen LogP contribution is 2.18.